The van der Waals surface area contributed by atoms with E-state index in [1.54, 1.807) is 6.07 Å². The predicted octanol–water partition coefficient (Wildman–Crippen LogP) is 2.65. The Morgan fingerprint density at radius 2 is 2.19 bits per heavy atom. The molecule has 114 valence electrons. The molecule has 0 aliphatic carbocycles. The lowest BCUT2D eigenvalue weighted by atomic mass is 9.97. The maximum absolute atomic E-state index is 13.5. The van der Waals surface area contributed by atoms with Crippen molar-refractivity contribution in [1.82, 2.24) is 10.2 Å². The minimum atomic E-state index is -0.793. The van der Waals surface area contributed by atoms with Gasteiger partial charge in [0, 0.05) is 38.3 Å². The van der Waals surface area contributed by atoms with E-state index in [0.29, 0.717) is 6.42 Å². The molecule has 2 rings (SSSR count). The Kier molecular flexibility index (Phi) is 5.03. The van der Waals surface area contributed by atoms with Crippen LogP contribution in [0.3, 0.4) is 0 Å². The Bertz CT molecular complexity index is 542. The zero-order chi connectivity index (χ0) is 15.4. The van der Waals surface area contributed by atoms with Crippen LogP contribution >= 0.6 is 0 Å². The highest BCUT2D eigenvalue weighted by atomic mass is 19.1. The van der Waals surface area contributed by atoms with Crippen LogP contribution in [0.25, 0.3) is 0 Å². The molecule has 6 heteroatoms. The largest absolute Gasteiger partial charge is 0.314 e. The number of rotatable bonds is 5. The van der Waals surface area contributed by atoms with Gasteiger partial charge in [0.15, 0.2) is 0 Å². The summed E-state index contributed by atoms with van der Waals surface area (Å²) in [5.41, 5.74) is 1.31. The number of nitrogens with zero attached hydrogens (tertiary/aromatic N) is 2. The summed E-state index contributed by atoms with van der Waals surface area (Å²) < 4.78 is 13.5. The lowest BCUT2D eigenvalue weighted by Crippen LogP contribution is -2.45. The van der Waals surface area contributed by atoms with Gasteiger partial charge in [0.1, 0.15) is 0 Å². The Hall–Kier alpha value is -1.79. The average molecular weight is 293 g/mol. The molecule has 0 amide bonds. The molecule has 0 spiro atoms. The van der Waals surface area contributed by atoms with Crippen molar-refractivity contribution >= 4 is 5.69 Å². The number of nitrogens with one attached hydrogen (secondary N) is 1. The van der Waals surface area contributed by atoms with Crippen molar-refractivity contribution in [3.8, 4) is 0 Å². The first-order valence-corrected chi connectivity index (χ1v) is 7.02. The molecule has 1 atom stereocenters. The van der Waals surface area contributed by atoms with Crippen molar-refractivity contribution in [3.63, 3.8) is 0 Å². The first-order valence-electron chi connectivity index (χ1n) is 7.02. The molecule has 1 aliphatic heterocycles. The molecule has 0 aromatic heterocycles. The molecule has 0 bridgehead atoms. The van der Waals surface area contributed by atoms with Crippen LogP contribution < -0.4 is 5.32 Å². The van der Waals surface area contributed by atoms with Crippen molar-refractivity contribution in [1.29, 1.82) is 0 Å². The molecule has 1 saturated heterocycles. The smallest absolute Gasteiger partial charge is 0.305 e. The van der Waals surface area contributed by atoms with E-state index in [-0.39, 0.29) is 6.04 Å². The fraction of sp³-hybridized carbons (Fsp3) is 0.467. The minimum Gasteiger partial charge on any atom is -0.314 e. The van der Waals surface area contributed by atoms with Crippen LogP contribution in [0.4, 0.5) is 10.1 Å². The second kappa shape index (κ2) is 6.78. The highest BCUT2D eigenvalue weighted by Crippen LogP contribution is 2.30. The normalized spacial score (nSPS) is 17.4. The van der Waals surface area contributed by atoms with Crippen molar-refractivity contribution in [2.45, 2.75) is 19.4 Å². The monoisotopic (exact) mass is 293 g/mol. The number of benzene rings is 1. The third-order valence-corrected chi connectivity index (χ3v) is 3.69. The van der Waals surface area contributed by atoms with E-state index in [9.17, 15) is 14.5 Å². The number of nitro groups is 1. The Morgan fingerprint density at radius 3 is 2.76 bits per heavy atom. The van der Waals surface area contributed by atoms with Gasteiger partial charge in [-0.3, -0.25) is 15.0 Å². The number of hydrogen-bond acceptors (Lipinski definition) is 4. The van der Waals surface area contributed by atoms with Crippen molar-refractivity contribution in [2.75, 3.05) is 26.2 Å². The molecule has 0 saturated carbocycles. The molecule has 0 radical (unpaired) electrons. The average Bonchev–Trinajstić information content (AvgIpc) is 2.46. The molecule has 5 nitrogen and oxygen atoms in total. The third-order valence-electron chi connectivity index (χ3n) is 3.69. The van der Waals surface area contributed by atoms with Gasteiger partial charge in [-0.1, -0.05) is 11.6 Å². The van der Waals surface area contributed by atoms with Gasteiger partial charge < -0.3 is 5.32 Å². The van der Waals surface area contributed by atoms with Gasteiger partial charge in [-0.15, -0.1) is 6.58 Å². The quantitative estimate of drug-likeness (QED) is 0.515. The van der Waals surface area contributed by atoms with E-state index >= 15 is 0 Å². The van der Waals surface area contributed by atoms with Gasteiger partial charge in [-0.05, 0) is 25.0 Å². The molecule has 1 aliphatic rings. The summed E-state index contributed by atoms with van der Waals surface area (Å²) in [5, 5.41) is 14.2. The highest BCUT2D eigenvalue weighted by Gasteiger charge is 2.25. The van der Waals surface area contributed by atoms with E-state index in [4.69, 9.17) is 0 Å². The SMILES string of the molecule is C=C(C)C[C@@H](c1ccc(F)c([N+](=O)[O-])c1)N1CCNCC1. The number of halogens is 1. The molecule has 1 heterocycles. The summed E-state index contributed by atoms with van der Waals surface area (Å²) >= 11 is 0. The van der Waals surface area contributed by atoms with E-state index in [1.807, 2.05) is 6.92 Å². The van der Waals surface area contributed by atoms with Crippen molar-refractivity contribution in [3.05, 3.63) is 51.8 Å². The summed E-state index contributed by atoms with van der Waals surface area (Å²) in [7, 11) is 0. The molecule has 1 fully saturated rings. The van der Waals surface area contributed by atoms with Gasteiger partial charge in [0.25, 0.3) is 0 Å². The standard InChI is InChI=1S/C15H20FN3O2/c1-11(2)9-14(18-7-5-17-6-8-18)12-3-4-13(16)15(10-12)19(20)21/h3-4,10,14,17H,1,5-9H2,2H3/t14-/m0/s1. The Balaban J connectivity index is 2.33. The molecule has 21 heavy (non-hydrogen) atoms. The summed E-state index contributed by atoms with van der Waals surface area (Å²) in [6.45, 7) is 9.38. The number of nitro benzene ring substituents is 1. The fourth-order valence-electron chi connectivity index (χ4n) is 2.66. The van der Waals surface area contributed by atoms with Gasteiger partial charge >= 0.3 is 5.69 Å². The highest BCUT2D eigenvalue weighted by molar-refractivity contribution is 5.38. The zero-order valence-electron chi connectivity index (χ0n) is 12.1. The molecular formula is C15H20FN3O2. The maximum atomic E-state index is 13.5. The van der Waals surface area contributed by atoms with Crippen LogP contribution in [0.15, 0.2) is 30.4 Å². The summed E-state index contributed by atoms with van der Waals surface area (Å²) in [4.78, 5) is 12.5. The Labute approximate surface area is 123 Å². The van der Waals surface area contributed by atoms with Crippen LogP contribution in [0.2, 0.25) is 0 Å². The predicted molar refractivity (Wildman–Crippen MR) is 79.7 cm³/mol. The molecular weight excluding hydrogens is 273 g/mol. The second-order valence-electron chi connectivity index (χ2n) is 5.43. The van der Waals surface area contributed by atoms with Gasteiger partial charge in [-0.2, -0.15) is 4.39 Å². The molecule has 1 N–H and O–H groups in total. The van der Waals surface area contributed by atoms with Gasteiger partial charge in [0.05, 0.1) is 4.92 Å². The molecule has 1 aromatic rings. The Morgan fingerprint density at radius 1 is 1.52 bits per heavy atom. The molecule has 0 unspecified atom stereocenters. The topological polar surface area (TPSA) is 58.4 Å². The first-order chi connectivity index (χ1) is 9.99. The van der Waals surface area contributed by atoms with Crippen molar-refractivity contribution < 1.29 is 9.31 Å². The number of hydrogen-bond donors (Lipinski definition) is 1. The van der Waals surface area contributed by atoms with Crippen LogP contribution in [0.5, 0.6) is 0 Å². The second-order valence-corrected chi connectivity index (χ2v) is 5.43. The van der Waals surface area contributed by atoms with Crippen LogP contribution in [-0.2, 0) is 0 Å². The van der Waals surface area contributed by atoms with E-state index in [1.165, 1.54) is 12.1 Å². The first kappa shape index (κ1) is 15.6. The molecule has 1 aromatic carbocycles. The van der Waals surface area contributed by atoms with Crippen molar-refractivity contribution in [2.24, 2.45) is 0 Å². The number of piperazine rings is 1. The van der Waals surface area contributed by atoms with Gasteiger partial charge in [-0.25, -0.2) is 0 Å². The minimum absolute atomic E-state index is 0.00361. The third kappa shape index (κ3) is 3.86. The van der Waals surface area contributed by atoms with E-state index in [2.05, 4.69) is 16.8 Å². The fourth-order valence-corrected chi connectivity index (χ4v) is 2.66. The maximum Gasteiger partial charge on any atom is 0.305 e. The van der Waals surface area contributed by atoms with Crippen LogP contribution in [0, 0.1) is 15.9 Å². The van der Waals surface area contributed by atoms with E-state index in [0.717, 1.165) is 37.3 Å². The van der Waals surface area contributed by atoms with Crippen LogP contribution in [-0.4, -0.2) is 36.0 Å². The van der Waals surface area contributed by atoms with E-state index < -0.39 is 16.4 Å². The summed E-state index contributed by atoms with van der Waals surface area (Å²) in [5.74, 6) is -0.793. The zero-order valence-corrected chi connectivity index (χ0v) is 12.1. The van der Waals surface area contributed by atoms with Gasteiger partial charge in [0.2, 0.25) is 5.82 Å². The van der Waals surface area contributed by atoms with Crippen LogP contribution in [0.1, 0.15) is 24.9 Å². The lowest BCUT2D eigenvalue weighted by molar-refractivity contribution is -0.387. The summed E-state index contributed by atoms with van der Waals surface area (Å²) in [6, 6.07) is 4.17. The lowest BCUT2D eigenvalue weighted by Gasteiger charge is -2.35. The summed E-state index contributed by atoms with van der Waals surface area (Å²) in [6.07, 6.45) is 0.711.